The van der Waals surface area contributed by atoms with E-state index in [1.165, 1.54) is 6.42 Å². The largest absolute Gasteiger partial charge is 0.295 e. The van der Waals surface area contributed by atoms with E-state index in [-0.39, 0.29) is 12.2 Å². The first kappa shape index (κ1) is 8.98. The van der Waals surface area contributed by atoms with E-state index in [2.05, 4.69) is 25.7 Å². The Kier molecular flexibility index (Phi) is 2.53. The van der Waals surface area contributed by atoms with Crippen LogP contribution >= 0.6 is 0 Å². The molecule has 0 N–H and O–H groups in total. The summed E-state index contributed by atoms with van der Waals surface area (Å²) in [6, 6.07) is 0. The first-order chi connectivity index (χ1) is 5.06. The Hall–Kier alpha value is -0.110. The van der Waals surface area contributed by atoms with Crippen LogP contribution < -0.4 is 0 Å². The third kappa shape index (κ3) is 1.92. The molecule has 1 unspecified atom stereocenters. The molecule has 1 nitrogen and oxygen atoms in total. The van der Waals surface area contributed by atoms with E-state index in [0.29, 0.717) is 6.54 Å². The normalized spacial score (nSPS) is 31.1. The number of likely N-dealkylation sites (tertiary alicyclic amines) is 1. The monoisotopic (exact) mass is 159 g/mol. The Morgan fingerprint density at radius 1 is 1.55 bits per heavy atom. The lowest BCUT2D eigenvalue weighted by Gasteiger charge is -2.30. The van der Waals surface area contributed by atoms with Gasteiger partial charge in [-0.3, -0.25) is 4.90 Å². The molecule has 11 heavy (non-hydrogen) atoms. The predicted molar refractivity (Wildman–Crippen MR) is 45.4 cm³/mol. The summed E-state index contributed by atoms with van der Waals surface area (Å²) in [5.74, 6) is 0.733. The molecule has 0 aliphatic carbocycles. The zero-order chi connectivity index (χ0) is 8.48. The lowest BCUT2D eigenvalue weighted by Crippen LogP contribution is -2.39. The van der Waals surface area contributed by atoms with Gasteiger partial charge in [-0.25, -0.2) is 4.39 Å². The average Bonchev–Trinajstić information content (AvgIpc) is 2.07. The molecule has 0 radical (unpaired) electrons. The van der Waals surface area contributed by atoms with Gasteiger partial charge in [0, 0.05) is 18.6 Å². The minimum atomic E-state index is -0.212. The average molecular weight is 159 g/mol. The lowest BCUT2D eigenvalue weighted by atomic mass is 9.98. The van der Waals surface area contributed by atoms with E-state index >= 15 is 0 Å². The van der Waals surface area contributed by atoms with E-state index in [1.54, 1.807) is 0 Å². The van der Waals surface area contributed by atoms with Gasteiger partial charge in [0.1, 0.15) is 6.67 Å². The van der Waals surface area contributed by atoms with Crippen molar-refractivity contribution in [1.29, 1.82) is 0 Å². The molecule has 0 amide bonds. The van der Waals surface area contributed by atoms with Gasteiger partial charge in [0.05, 0.1) is 0 Å². The zero-order valence-electron chi connectivity index (χ0n) is 7.73. The second-order valence-electron chi connectivity index (χ2n) is 4.26. The number of hydrogen-bond acceptors (Lipinski definition) is 1. The molecule has 0 aromatic carbocycles. The van der Waals surface area contributed by atoms with Crippen molar-refractivity contribution in [2.45, 2.75) is 32.7 Å². The second-order valence-corrected chi connectivity index (χ2v) is 4.26. The number of hydrogen-bond donors (Lipinski definition) is 0. The summed E-state index contributed by atoms with van der Waals surface area (Å²) in [4.78, 5) is 2.25. The van der Waals surface area contributed by atoms with Gasteiger partial charge in [-0.15, -0.1) is 0 Å². The van der Waals surface area contributed by atoms with Gasteiger partial charge in [-0.2, -0.15) is 0 Å². The van der Waals surface area contributed by atoms with Gasteiger partial charge < -0.3 is 0 Å². The van der Waals surface area contributed by atoms with Crippen molar-refractivity contribution < 1.29 is 4.39 Å². The Labute approximate surface area is 68.6 Å². The van der Waals surface area contributed by atoms with Crippen LogP contribution in [-0.4, -0.2) is 30.2 Å². The number of alkyl halides is 1. The highest BCUT2D eigenvalue weighted by Crippen LogP contribution is 2.31. The van der Waals surface area contributed by atoms with Gasteiger partial charge >= 0.3 is 0 Å². The maximum Gasteiger partial charge on any atom is 0.102 e. The van der Waals surface area contributed by atoms with Crippen LogP contribution in [0, 0.1) is 5.92 Å². The predicted octanol–water partition coefficient (Wildman–Crippen LogP) is 2.08. The molecule has 0 bridgehead atoms. The summed E-state index contributed by atoms with van der Waals surface area (Å²) >= 11 is 0. The molecule has 1 rings (SSSR count). The molecule has 1 saturated heterocycles. The van der Waals surface area contributed by atoms with Crippen molar-refractivity contribution in [2.75, 3.05) is 19.8 Å². The Balaban J connectivity index is 2.51. The highest BCUT2D eigenvalue weighted by atomic mass is 19.1. The topological polar surface area (TPSA) is 3.24 Å². The molecule has 0 aromatic rings. The van der Waals surface area contributed by atoms with Gasteiger partial charge in [0.2, 0.25) is 0 Å². The van der Waals surface area contributed by atoms with Crippen molar-refractivity contribution in [3.05, 3.63) is 0 Å². The van der Waals surface area contributed by atoms with Crippen LogP contribution in [0.4, 0.5) is 4.39 Å². The van der Waals surface area contributed by atoms with Gasteiger partial charge in [0.15, 0.2) is 0 Å². The van der Waals surface area contributed by atoms with Crippen molar-refractivity contribution >= 4 is 0 Å². The molecular weight excluding hydrogens is 141 g/mol. The fourth-order valence-corrected chi connectivity index (χ4v) is 2.17. The fraction of sp³-hybridized carbons (Fsp3) is 1.00. The SMILES string of the molecule is CC1CN(CCF)C(C)(C)C1. The lowest BCUT2D eigenvalue weighted by molar-refractivity contribution is 0.161. The van der Waals surface area contributed by atoms with Crippen molar-refractivity contribution in [3.8, 4) is 0 Å². The van der Waals surface area contributed by atoms with Crippen LogP contribution in [0.2, 0.25) is 0 Å². The second kappa shape index (κ2) is 3.10. The quantitative estimate of drug-likeness (QED) is 0.596. The molecule has 0 aromatic heterocycles. The molecule has 66 valence electrons. The van der Waals surface area contributed by atoms with E-state index in [4.69, 9.17) is 0 Å². The van der Waals surface area contributed by atoms with Gasteiger partial charge in [-0.05, 0) is 26.2 Å². The van der Waals surface area contributed by atoms with Gasteiger partial charge in [-0.1, -0.05) is 6.92 Å². The van der Waals surface area contributed by atoms with E-state index < -0.39 is 0 Å². The summed E-state index contributed by atoms with van der Waals surface area (Å²) in [7, 11) is 0. The number of nitrogens with zero attached hydrogens (tertiary/aromatic N) is 1. The molecule has 1 fully saturated rings. The molecule has 1 aliphatic rings. The molecule has 1 heterocycles. The molecule has 1 aliphatic heterocycles. The first-order valence-electron chi connectivity index (χ1n) is 4.37. The Bertz CT molecular complexity index is 134. The molecule has 2 heteroatoms. The standard InChI is InChI=1S/C9H18FN/c1-8-6-9(2,3)11(7-8)5-4-10/h8H,4-7H2,1-3H3. The van der Waals surface area contributed by atoms with Gasteiger partial charge in [0.25, 0.3) is 0 Å². The van der Waals surface area contributed by atoms with Crippen molar-refractivity contribution in [2.24, 2.45) is 5.92 Å². The van der Waals surface area contributed by atoms with E-state index in [9.17, 15) is 4.39 Å². The third-order valence-corrected chi connectivity index (χ3v) is 2.59. The van der Waals surface area contributed by atoms with Crippen LogP contribution in [0.3, 0.4) is 0 Å². The summed E-state index contributed by atoms with van der Waals surface area (Å²) in [6.45, 7) is 8.10. The number of halogens is 1. The zero-order valence-corrected chi connectivity index (χ0v) is 7.73. The van der Waals surface area contributed by atoms with Crippen LogP contribution in [0.15, 0.2) is 0 Å². The molecule has 1 atom stereocenters. The summed E-state index contributed by atoms with van der Waals surface area (Å²) in [6.07, 6.45) is 1.20. The maximum absolute atomic E-state index is 12.1. The van der Waals surface area contributed by atoms with E-state index in [1.807, 2.05) is 0 Å². The summed E-state index contributed by atoms with van der Waals surface area (Å²) in [5.41, 5.74) is 0.228. The summed E-state index contributed by atoms with van der Waals surface area (Å²) < 4.78 is 12.1. The summed E-state index contributed by atoms with van der Waals surface area (Å²) in [5, 5.41) is 0. The molecule has 0 saturated carbocycles. The Morgan fingerprint density at radius 3 is 2.55 bits per heavy atom. The molecule has 0 spiro atoms. The van der Waals surface area contributed by atoms with Crippen molar-refractivity contribution in [1.82, 2.24) is 4.90 Å². The first-order valence-corrected chi connectivity index (χ1v) is 4.37. The minimum absolute atomic E-state index is 0.212. The van der Waals surface area contributed by atoms with Crippen LogP contribution in [0.1, 0.15) is 27.2 Å². The fourth-order valence-electron chi connectivity index (χ4n) is 2.17. The minimum Gasteiger partial charge on any atom is -0.295 e. The van der Waals surface area contributed by atoms with Crippen LogP contribution in [0.25, 0.3) is 0 Å². The smallest absolute Gasteiger partial charge is 0.102 e. The van der Waals surface area contributed by atoms with E-state index in [0.717, 1.165) is 12.5 Å². The van der Waals surface area contributed by atoms with Crippen LogP contribution in [0.5, 0.6) is 0 Å². The maximum atomic E-state index is 12.1. The number of rotatable bonds is 2. The molecular formula is C9H18FN. The van der Waals surface area contributed by atoms with Crippen molar-refractivity contribution in [3.63, 3.8) is 0 Å². The third-order valence-electron chi connectivity index (χ3n) is 2.59. The van der Waals surface area contributed by atoms with Crippen LogP contribution in [-0.2, 0) is 0 Å². The highest BCUT2D eigenvalue weighted by Gasteiger charge is 2.35. The Morgan fingerprint density at radius 2 is 2.18 bits per heavy atom. The highest BCUT2D eigenvalue weighted by molar-refractivity contribution is 4.90.